The highest BCUT2D eigenvalue weighted by Gasteiger charge is 2.12. The van der Waals surface area contributed by atoms with E-state index in [1.54, 1.807) is 7.11 Å². The van der Waals surface area contributed by atoms with Gasteiger partial charge in [0.05, 0.1) is 13.2 Å². The first kappa shape index (κ1) is 13.6. The van der Waals surface area contributed by atoms with Gasteiger partial charge in [-0.25, -0.2) is 0 Å². The van der Waals surface area contributed by atoms with Crippen molar-refractivity contribution in [3.8, 4) is 0 Å². The molecule has 3 nitrogen and oxygen atoms in total. The summed E-state index contributed by atoms with van der Waals surface area (Å²) in [5.74, 6) is 0.331. The van der Waals surface area contributed by atoms with Crippen molar-refractivity contribution < 1.29 is 9.53 Å². The van der Waals surface area contributed by atoms with E-state index >= 15 is 0 Å². The molecule has 0 amide bonds. The lowest BCUT2D eigenvalue weighted by molar-refractivity contribution is -0.120. The summed E-state index contributed by atoms with van der Waals surface area (Å²) < 4.78 is 5.01. The van der Waals surface area contributed by atoms with Crippen LogP contribution in [0.3, 0.4) is 0 Å². The van der Waals surface area contributed by atoms with Gasteiger partial charge in [-0.2, -0.15) is 0 Å². The molecule has 0 atom stereocenters. The molecule has 0 fully saturated rings. The average molecular weight is 201 g/mol. The summed E-state index contributed by atoms with van der Waals surface area (Å²) >= 11 is 0. The monoisotopic (exact) mass is 201 g/mol. The molecule has 0 heterocycles. The zero-order chi connectivity index (χ0) is 11.0. The maximum absolute atomic E-state index is 11.4. The van der Waals surface area contributed by atoms with Crippen molar-refractivity contribution >= 4 is 5.78 Å². The first-order valence-electron chi connectivity index (χ1n) is 5.36. The lowest BCUT2D eigenvalue weighted by atomic mass is 10.2. The number of Topliss-reactive ketones (excluding diaryl/α,β-unsaturated/α-hetero) is 1. The number of carbonyl (C=O) groups excluding carboxylic acids is 1. The number of methoxy groups -OCH3 is 1. The highest BCUT2D eigenvalue weighted by atomic mass is 16.5. The third-order valence-electron chi connectivity index (χ3n) is 2.22. The van der Waals surface area contributed by atoms with Crippen LogP contribution in [0.25, 0.3) is 0 Å². The Balaban J connectivity index is 3.89. The van der Waals surface area contributed by atoms with Crippen LogP contribution in [-0.2, 0) is 9.53 Å². The van der Waals surface area contributed by atoms with Gasteiger partial charge in [0.2, 0.25) is 0 Å². The molecule has 0 aliphatic rings. The van der Waals surface area contributed by atoms with Gasteiger partial charge in [0.1, 0.15) is 5.78 Å². The van der Waals surface area contributed by atoms with Crippen LogP contribution in [-0.4, -0.2) is 43.5 Å². The highest BCUT2D eigenvalue weighted by molar-refractivity contribution is 5.80. The second kappa shape index (κ2) is 7.94. The normalized spacial score (nSPS) is 11.3. The van der Waals surface area contributed by atoms with E-state index in [2.05, 4.69) is 18.7 Å². The standard InChI is InChI=1S/C11H23NO2/c1-5-6-11(13)9-12(10(2)3)7-8-14-4/h10H,5-9H2,1-4H3. The Morgan fingerprint density at radius 2 is 2.07 bits per heavy atom. The van der Waals surface area contributed by atoms with E-state index < -0.39 is 0 Å². The van der Waals surface area contributed by atoms with Gasteiger partial charge in [-0.15, -0.1) is 0 Å². The summed E-state index contributed by atoms with van der Waals surface area (Å²) in [5, 5.41) is 0. The van der Waals surface area contributed by atoms with E-state index in [4.69, 9.17) is 4.74 Å². The average Bonchev–Trinajstić information content (AvgIpc) is 2.12. The van der Waals surface area contributed by atoms with Gasteiger partial charge in [-0.3, -0.25) is 9.69 Å². The van der Waals surface area contributed by atoms with Crippen LogP contribution in [0.1, 0.15) is 33.6 Å². The van der Waals surface area contributed by atoms with Gasteiger partial charge in [-0.05, 0) is 20.3 Å². The molecule has 0 aliphatic carbocycles. The quantitative estimate of drug-likeness (QED) is 0.599. The van der Waals surface area contributed by atoms with Crippen molar-refractivity contribution in [3.05, 3.63) is 0 Å². The molecule has 3 heteroatoms. The van der Waals surface area contributed by atoms with E-state index in [0.29, 0.717) is 31.4 Å². The van der Waals surface area contributed by atoms with Gasteiger partial charge in [0.25, 0.3) is 0 Å². The van der Waals surface area contributed by atoms with Crippen molar-refractivity contribution in [2.75, 3.05) is 26.8 Å². The summed E-state index contributed by atoms with van der Waals surface area (Å²) in [5.41, 5.74) is 0. The minimum atomic E-state index is 0.331. The fraction of sp³-hybridized carbons (Fsp3) is 0.909. The molecule has 0 aliphatic heterocycles. The zero-order valence-corrected chi connectivity index (χ0v) is 9.88. The molecule has 0 bridgehead atoms. The largest absolute Gasteiger partial charge is 0.383 e. The predicted molar refractivity (Wildman–Crippen MR) is 58.5 cm³/mol. The molecular formula is C11H23NO2. The van der Waals surface area contributed by atoms with Crippen LogP contribution in [0.4, 0.5) is 0 Å². The number of rotatable bonds is 8. The Kier molecular flexibility index (Phi) is 7.71. The van der Waals surface area contributed by atoms with Gasteiger partial charge >= 0.3 is 0 Å². The van der Waals surface area contributed by atoms with Crippen LogP contribution in [0.2, 0.25) is 0 Å². The molecule has 0 aromatic carbocycles. The topological polar surface area (TPSA) is 29.5 Å². The Morgan fingerprint density at radius 3 is 2.50 bits per heavy atom. The van der Waals surface area contributed by atoms with E-state index in [1.807, 2.05) is 6.92 Å². The molecule has 0 aromatic heterocycles. The minimum Gasteiger partial charge on any atom is -0.383 e. The molecule has 0 saturated heterocycles. The van der Waals surface area contributed by atoms with E-state index in [-0.39, 0.29) is 0 Å². The van der Waals surface area contributed by atoms with Crippen LogP contribution in [0.15, 0.2) is 0 Å². The number of carbonyl (C=O) groups is 1. The van der Waals surface area contributed by atoms with Crippen LogP contribution >= 0.6 is 0 Å². The molecule has 0 spiro atoms. The van der Waals surface area contributed by atoms with E-state index in [0.717, 1.165) is 13.0 Å². The molecule has 14 heavy (non-hydrogen) atoms. The summed E-state index contributed by atoms with van der Waals surface area (Å²) in [6, 6.07) is 0.408. The van der Waals surface area contributed by atoms with Crippen molar-refractivity contribution in [1.29, 1.82) is 0 Å². The first-order chi connectivity index (χ1) is 6.61. The van der Waals surface area contributed by atoms with Gasteiger partial charge in [-0.1, -0.05) is 6.92 Å². The van der Waals surface area contributed by atoms with Crippen molar-refractivity contribution in [2.45, 2.75) is 39.7 Å². The van der Waals surface area contributed by atoms with Crippen LogP contribution in [0.5, 0.6) is 0 Å². The third-order valence-corrected chi connectivity index (χ3v) is 2.22. The van der Waals surface area contributed by atoms with Crippen LogP contribution in [0, 0.1) is 0 Å². The van der Waals surface area contributed by atoms with Gasteiger partial charge in [0, 0.05) is 26.1 Å². The maximum atomic E-state index is 11.4. The van der Waals surface area contributed by atoms with Gasteiger partial charge < -0.3 is 4.74 Å². The molecule has 0 aromatic rings. The second-order valence-electron chi connectivity index (χ2n) is 3.85. The molecule has 84 valence electrons. The number of ether oxygens (including phenoxy) is 1. The van der Waals surface area contributed by atoms with Gasteiger partial charge in [0.15, 0.2) is 0 Å². The summed E-state index contributed by atoms with van der Waals surface area (Å²) in [4.78, 5) is 13.6. The fourth-order valence-electron chi connectivity index (χ4n) is 1.31. The Morgan fingerprint density at radius 1 is 1.43 bits per heavy atom. The zero-order valence-electron chi connectivity index (χ0n) is 9.88. The molecule has 0 radical (unpaired) electrons. The molecule has 0 rings (SSSR count). The van der Waals surface area contributed by atoms with Crippen molar-refractivity contribution in [2.24, 2.45) is 0 Å². The van der Waals surface area contributed by atoms with E-state index in [9.17, 15) is 4.79 Å². The molecular weight excluding hydrogens is 178 g/mol. The van der Waals surface area contributed by atoms with Crippen molar-refractivity contribution in [1.82, 2.24) is 4.90 Å². The summed E-state index contributed by atoms with van der Waals surface area (Å²) in [6.07, 6.45) is 1.63. The smallest absolute Gasteiger partial charge is 0.146 e. The third kappa shape index (κ3) is 6.11. The minimum absolute atomic E-state index is 0.331. The maximum Gasteiger partial charge on any atom is 0.146 e. The first-order valence-corrected chi connectivity index (χ1v) is 5.36. The predicted octanol–water partition coefficient (Wildman–Crippen LogP) is 1.71. The number of ketones is 1. The number of nitrogens with zero attached hydrogens (tertiary/aromatic N) is 1. The second-order valence-corrected chi connectivity index (χ2v) is 3.85. The Hall–Kier alpha value is -0.410. The van der Waals surface area contributed by atoms with E-state index in [1.165, 1.54) is 0 Å². The summed E-state index contributed by atoms with van der Waals surface area (Å²) in [6.45, 7) is 8.34. The molecule has 0 N–H and O–H groups in total. The Labute approximate surface area is 87.4 Å². The van der Waals surface area contributed by atoms with Crippen molar-refractivity contribution in [3.63, 3.8) is 0 Å². The lowest BCUT2D eigenvalue weighted by Crippen LogP contribution is -2.37. The lowest BCUT2D eigenvalue weighted by Gasteiger charge is -2.25. The van der Waals surface area contributed by atoms with Crippen LogP contribution < -0.4 is 0 Å². The fourth-order valence-corrected chi connectivity index (χ4v) is 1.31. The highest BCUT2D eigenvalue weighted by Crippen LogP contribution is 2.00. The number of hydrogen-bond acceptors (Lipinski definition) is 3. The molecule has 0 saturated carbocycles. The SMILES string of the molecule is CCCC(=O)CN(CCOC)C(C)C. The molecule has 0 unspecified atom stereocenters. The number of hydrogen-bond donors (Lipinski definition) is 0. The summed E-state index contributed by atoms with van der Waals surface area (Å²) in [7, 11) is 1.69. The Bertz CT molecular complexity index is 157.